The second-order valence-electron chi connectivity index (χ2n) is 7.61. The van der Waals surface area contributed by atoms with Gasteiger partial charge < -0.3 is 10.6 Å². The largest absolute Gasteiger partial charge is 0.326 e. The lowest BCUT2D eigenvalue weighted by atomic mass is 9.95. The van der Waals surface area contributed by atoms with Crippen molar-refractivity contribution in [3.8, 4) is 0 Å². The van der Waals surface area contributed by atoms with Gasteiger partial charge in [0, 0.05) is 28.8 Å². The quantitative estimate of drug-likeness (QED) is 0.581. The molecule has 0 spiro atoms. The fraction of sp³-hybridized carbons (Fsp3) is 0.364. The number of benzene rings is 2. The van der Waals surface area contributed by atoms with Crippen LogP contribution >= 0.6 is 15.9 Å². The molecule has 0 radical (unpaired) electrons. The van der Waals surface area contributed by atoms with Gasteiger partial charge in [0.05, 0.1) is 11.4 Å². The van der Waals surface area contributed by atoms with E-state index in [1.54, 1.807) is 48.5 Å². The topological polar surface area (TPSA) is 95.6 Å². The van der Waals surface area contributed by atoms with Crippen molar-refractivity contribution in [2.24, 2.45) is 0 Å². The number of nitrogens with one attached hydrogen (secondary N) is 2. The average molecular weight is 508 g/mol. The first-order valence-electron chi connectivity index (χ1n) is 10.2. The van der Waals surface area contributed by atoms with Gasteiger partial charge in [-0.05, 0) is 55.3 Å². The van der Waals surface area contributed by atoms with Crippen LogP contribution in [0.3, 0.4) is 0 Å². The van der Waals surface area contributed by atoms with E-state index in [2.05, 4.69) is 26.6 Å². The molecule has 2 amide bonds. The maximum atomic E-state index is 13.4. The summed E-state index contributed by atoms with van der Waals surface area (Å²) in [5, 5.41) is 5.41. The highest BCUT2D eigenvalue weighted by atomic mass is 79.9. The van der Waals surface area contributed by atoms with E-state index in [1.165, 1.54) is 11.2 Å². The van der Waals surface area contributed by atoms with Crippen LogP contribution in [0, 0.1) is 0 Å². The van der Waals surface area contributed by atoms with Gasteiger partial charge in [0.25, 0.3) is 0 Å². The number of hydrogen-bond donors (Lipinski definition) is 2. The minimum atomic E-state index is -3.83. The number of halogens is 1. The zero-order valence-electron chi connectivity index (χ0n) is 17.3. The lowest BCUT2D eigenvalue weighted by molar-refractivity contribution is -0.117. The summed E-state index contributed by atoms with van der Waals surface area (Å²) in [6.45, 7) is 1.13. The third-order valence-electron chi connectivity index (χ3n) is 5.17. The summed E-state index contributed by atoms with van der Waals surface area (Å²) in [5.74, 6) is -0.640. The van der Waals surface area contributed by atoms with Crippen LogP contribution in [0.15, 0.2) is 57.9 Å². The predicted molar refractivity (Wildman–Crippen MR) is 124 cm³/mol. The molecule has 0 heterocycles. The monoisotopic (exact) mass is 507 g/mol. The van der Waals surface area contributed by atoms with Crippen molar-refractivity contribution in [3.63, 3.8) is 0 Å². The van der Waals surface area contributed by atoms with E-state index in [4.69, 9.17) is 0 Å². The van der Waals surface area contributed by atoms with Crippen LogP contribution in [0.25, 0.3) is 0 Å². The number of amides is 2. The Morgan fingerprint density at radius 3 is 2.23 bits per heavy atom. The molecule has 0 unspecified atom stereocenters. The van der Waals surface area contributed by atoms with E-state index in [0.717, 1.165) is 36.6 Å². The number of rotatable bonds is 7. The molecule has 31 heavy (non-hydrogen) atoms. The predicted octanol–water partition coefficient (Wildman–Crippen LogP) is 4.37. The van der Waals surface area contributed by atoms with Crippen molar-refractivity contribution in [2.45, 2.75) is 50.0 Å². The van der Waals surface area contributed by atoms with Crippen LogP contribution in [0.2, 0.25) is 0 Å². The van der Waals surface area contributed by atoms with Gasteiger partial charge >= 0.3 is 0 Å². The van der Waals surface area contributed by atoms with Gasteiger partial charge in [-0.2, -0.15) is 4.31 Å². The summed E-state index contributed by atoms with van der Waals surface area (Å²) in [4.78, 5) is 24.2. The summed E-state index contributed by atoms with van der Waals surface area (Å²) in [7, 11) is -3.83. The molecule has 1 aliphatic carbocycles. The van der Waals surface area contributed by atoms with Crippen molar-refractivity contribution in [1.82, 2.24) is 4.31 Å². The van der Waals surface area contributed by atoms with E-state index in [1.807, 2.05) is 0 Å². The molecule has 9 heteroatoms. The van der Waals surface area contributed by atoms with Gasteiger partial charge in [-0.3, -0.25) is 9.59 Å². The zero-order valence-corrected chi connectivity index (χ0v) is 19.7. The van der Waals surface area contributed by atoms with Crippen LogP contribution < -0.4 is 10.6 Å². The first kappa shape index (κ1) is 23.4. The Hall–Kier alpha value is -2.23. The summed E-state index contributed by atoms with van der Waals surface area (Å²) < 4.78 is 28.9. The summed E-state index contributed by atoms with van der Waals surface area (Å²) in [6, 6.07) is 13.0. The Bertz CT molecular complexity index is 1030. The Morgan fingerprint density at radius 1 is 1.00 bits per heavy atom. The van der Waals surface area contributed by atoms with Crippen molar-refractivity contribution in [3.05, 3.63) is 53.0 Å². The molecule has 166 valence electrons. The van der Waals surface area contributed by atoms with E-state index in [0.29, 0.717) is 11.4 Å². The lowest BCUT2D eigenvalue weighted by Crippen LogP contribution is -2.45. The smallest absolute Gasteiger partial charge is 0.243 e. The SMILES string of the molecule is CC(=O)Nc1cccc(NC(=O)CN(C2CCCCC2)S(=O)(=O)c2ccc(Br)cc2)c1. The number of sulfonamides is 1. The minimum absolute atomic E-state index is 0.168. The molecule has 1 saturated carbocycles. The molecule has 1 aliphatic rings. The number of carbonyl (C=O) groups is 2. The molecule has 0 aromatic heterocycles. The van der Waals surface area contributed by atoms with Crippen LogP contribution in [0.4, 0.5) is 11.4 Å². The van der Waals surface area contributed by atoms with E-state index in [9.17, 15) is 18.0 Å². The number of nitrogens with zero attached hydrogens (tertiary/aromatic N) is 1. The number of anilines is 2. The molecular weight excluding hydrogens is 482 g/mol. The molecule has 1 fully saturated rings. The molecule has 2 aromatic carbocycles. The van der Waals surface area contributed by atoms with E-state index < -0.39 is 15.9 Å². The number of carbonyl (C=O) groups excluding carboxylic acids is 2. The molecule has 2 N–H and O–H groups in total. The highest BCUT2D eigenvalue weighted by Crippen LogP contribution is 2.28. The van der Waals surface area contributed by atoms with Crippen molar-refractivity contribution < 1.29 is 18.0 Å². The van der Waals surface area contributed by atoms with Gasteiger partial charge in [-0.1, -0.05) is 41.3 Å². The Balaban J connectivity index is 1.81. The van der Waals surface area contributed by atoms with Crippen LogP contribution in [0.5, 0.6) is 0 Å². The molecule has 2 aromatic rings. The molecule has 0 atom stereocenters. The fourth-order valence-electron chi connectivity index (χ4n) is 3.74. The van der Waals surface area contributed by atoms with Crippen LogP contribution in [-0.2, 0) is 19.6 Å². The highest BCUT2D eigenvalue weighted by Gasteiger charge is 2.34. The lowest BCUT2D eigenvalue weighted by Gasteiger charge is -2.33. The summed E-state index contributed by atoms with van der Waals surface area (Å²) in [6.07, 6.45) is 4.43. The normalized spacial score (nSPS) is 14.9. The first-order chi connectivity index (χ1) is 14.8. The third kappa shape index (κ3) is 6.38. The average Bonchev–Trinajstić information content (AvgIpc) is 2.72. The van der Waals surface area contributed by atoms with E-state index >= 15 is 0 Å². The Kier molecular flexibility index (Phi) is 7.85. The fourth-order valence-corrected chi connectivity index (χ4v) is 5.65. The molecular formula is C22H26BrN3O4S. The van der Waals surface area contributed by atoms with Gasteiger partial charge in [0.15, 0.2) is 0 Å². The summed E-state index contributed by atoms with van der Waals surface area (Å²) >= 11 is 3.33. The number of hydrogen-bond acceptors (Lipinski definition) is 4. The van der Waals surface area contributed by atoms with Gasteiger partial charge in [-0.15, -0.1) is 0 Å². The van der Waals surface area contributed by atoms with Crippen LogP contribution in [-0.4, -0.2) is 37.1 Å². The Morgan fingerprint density at radius 2 is 1.61 bits per heavy atom. The first-order valence-corrected chi connectivity index (χ1v) is 12.4. The van der Waals surface area contributed by atoms with Gasteiger partial charge in [-0.25, -0.2) is 8.42 Å². The highest BCUT2D eigenvalue weighted by molar-refractivity contribution is 9.10. The van der Waals surface area contributed by atoms with E-state index in [-0.39, 0.29) is 23.4 Å². The molecule has 0 aliphatic heterocycles. The molecule has 7 nitrogen and oxygen atoms in total. The third-order valence-corrected chi connectivity index (χ3v) is 7.61. The maximum absolute atomic E-state index is 13.4. The molecule has 0 bridgehead atoms. The minimum Gasteiger partial charge on any atom is -0.326 e. The van der Waals surface area contributed by atoms with Crippen molar-refractivity contribution in [1.29, 1.82) is 0 Å². The van der Waals surface area contributed by atoms with Gasteiger partial charge in [0.2, 0.25) is 21.8 Å². The van der Waals surface area contributed by atoms with Crippen molar-refractivity contribution in [2.75, 3.05) is 17.2 Å². The second kappa shape index (κ2) is 10.4. The van der Waals surface area contributed by atoms with Crippen LogP contribution in [0.1, 0.15) is 39.0 Å². The molecule has 0 saturated heterocycles. The zero-order chi connectivity index (χ0) is 22.4. The Labute approximate surface area is 191 Å². The van der Waals surface area contributed by atoms with Crippen molar-refractivity contribution >= 4 is 49.1 Å². The summed E-state index contributed by atoms with van der Waals surface area (Å²) in [5.41, 5.74) is 1.04. The molecule has 3 rings (SSSR count). The standard InChI is InChI=1S/C22H26BrN3O4S/c1-16(27)24-18-6-5-7-19(14-18)25-22(28)15-26(20-8-3-2-4-9-20)31(29,30)21-12-10-17(23)11-13-21/h5-7,10-14,20H,2-4,8-9,15H2,1H3,(H,24,27)(H,25,28). The maximum Gasteiger partial charge on any atom is 0.243 e. The second-order valence-corrected chi connectivity index (χ2v) is 10.4. The van der Waals surface area contributed by atoms with Gasteiger partial charge in [0.1, 0.15) is 0 Å².